The predicted molar refractivity (Wildman–Crippen MR) is 60.7 cm³/mol. The third-order valence-corrected chi connectivity index (χ3v) is 2.24. The molecule has 1 unspecified atom stereocenters. The number of imidazole rings is 1. The highest BCUT2D eigenvalue weighted by Gasteiger charge is 2.06. The molecule has 0 spiro atoms. The van der Waals surface area contributed by atoms with Gasteiger partial charge in [0.2, 0.25) is 0 Å². The molecule has 2 N–H and O–H groups in total. The Bertz CT molecular complexity index is 435. The van der Waals surface area contributed by atoms with E-state index in [0.29, 0.717) is 6.54 Å². The highest BCUT2D eigenvalue weighted by atomic mass is 15.1. The lowest BCUT2D eigenvalue weighted by atomic mass is 10.2. The molecule has 2 rings (SSSR count). The van der Waals surface area contributed by atoms with E-state index < -0.39 is 0 Å². The molecule has 0 aliphatic rings. The summed E-state index contributed by atoms with van der Waals surface area (Å²) in [4.78, 5) is 12.6. The first-order valence-corrected chi connectivity index (χ1v) is 5.27. The van der Waals surface area contributed by atoms with E-state index in [1.165, 1.54) is 0 Å². The first kappa shape index (κ1) is 10.8. The second-order valence-electron chi connectivity index (χ2n) is 3.82. The summed E-state index contributed by atoms with van der Waals surface area (Å²) in [6.45, 7) is 2.61. The highest BCUT2D eigenvalue weighted by Crippen LogP contribution is 2.03. The number of rotatable bonds is 4. The van der Waals surface area contributed by atoms with Crippen LogP contribution in [0.15, 0.2) is 30.9 Å². The smallest absolute Gasteiger partial charge is 0.147 e. The Balaban J connectivity index is 2.13. The normalized spacial score (nSPS) is 12.6. The van der Waals surface area contributed by atoms with Crippen molar-refractivity contribution in [1.29, 1.82) is 0 Å². The molecular weight excluding hydrogens is 202 g/mol. The summed E-state index contributed by atoms with van der Waals surface area (Å²) >= 11 is 0. The Morgan fingerprint density at radius 3 is 2.69 bits per heavy atom. The van der Waals surface area contributed by atoms with Crippen LogP contribution in [0.5, 0.6) is 0 Å². The van der Waals surface area contributed by atoms with Crippen molar-refractivity contribution in [3.8, 4) is 0 Å². The lowest BCUT2D eigenvalue weighted by Crippen LogP contribution is -2.21. The zero-order valence-electron chi connectivity index (χ0n) is 9.24. The summed E-state index contributed by atoms with van der Waals surface area (Å²) in [5, 5.41) is 0. The van der Waals surface area contributed by atoms with Crippen LogP contribution in [-0.2, 0) is 13.0 Å². The van der Waals surface area contributed by atoms with Gasteiger partial charge in [-0.3, -0.25) is 0 Å². The van der Waals surface area contributed by atoms with E-state index in [-0.39, 0.29) is 6.04 Å². The van der Waals surface area contributed by atoms with Crippen LogP contribution in [0.3, 0.4) is 0 Å². The first-order chi connectivity index (χ1) is 7.75. The molecule has 16 heavy (non-hydrogen) atoms. The molecule has 0 fully saturated rings. The van der Waals surface area contributed by atoms with Crippen molar-refractivity contribution >= 4 is 0 Å². The van der Waals surface area contributed by atoms with Crippen LogP contribution in [0.25, 0.3) is 0 Å². The highest BCUT2D eigenvalue weighted by molar-refractivity contribution is 4.99. The molecular formula is C11H15N5. The maximum Gasteiger partial charge on any atom is 0.147 e. The van der Waals surface area contributed by atoms with Gasteiger partial charge in [0.15, 0.2) is 0 Å². The maximum absolute atomic E-state index is 5.76. The molecule has 0 radical (unpaired) electrons. The summed E-state index contributed by atoms with van der Waals surface area (Å²) in [6.07, 6.45) is 7.95. The number of nitrogens with two attached hydrogens (primary N) is 1. The molecule has 0 saturated carbocycles. The molecule has 0 bridgehead atoms. The maximum atomic E-state index is 5.76. The summed E-state index contributed by atoms with van der Waals surface area (Å²) in [7, 11) is 0. The Morgan fingerprint density at radius 2 is 2.00 bits per heavy atom. The second kappa shape index (κ2) is 4.85. The molecule has 0 aliphatic carbocycles. The minimum atomic E-state index is 0.109. The molecule has 0 aliphatic heterocycles. The lowest BCUT2D eigenvalue weighted by Gasteiger charge is -2.08. The molecule has 5 nitrogen and oxygen atoms in total. The fourth-order valence-electron chi connectivity index (χ4n) is 1.53. The molecule has 1 atom stereocenters. The van der Waals surface area contributed by atoms with E-state index in [1.54, 1.807) is 24.7 Å². The van der Waals surface area contributed by atoms with E-state index >= 15 is 0 Å². The third kappa shape index (κ3) is 2.64. The standard InChI is InChI=1S/C11H15N5/c1-9(12)7-11-15-5-6-16(11)8-10-13-3-2-4-14-10/h2-6,9H,7-8,12H2,1H3. The zero-order chi connectivity index (χ0) is 11.4. The van der Waals surface area contributed by atoms with Gasteiger partial charge in [-0.05, 0) is 13.0 Å². The Labute approximate surface area is 94.4 Å². The van der Waals surface area contributed by atoms with Crippen LogP contribution in [0.1, 0.15) is 18.6 Å². The number of nitrogens with zero attached hydrogens (tertiary/aromatic N) is 4. The largest absolute Gasteiger partial charge is 0.328 e. The van der Waals surface area contributed by atoms with Crippen LogP contribution in [0.2, 0.25) is 0 Å². The van der Waals surface area contributed by atoms with Gasteiger partial charge >= 0.3 is 0 Å². The summed E-state index contributed by atoms with van der Waals surface area (Å²) < 4.78 is 2.03. The molecule has 0 saturated heterocycles. The zero-order valence-corrected chi connectivity index (χ0v) is 9.24. The van der Waals surface area contributed by atoms with Gasteiger partial charge in [0.1, 0.15) is 11.6 Å². The molecule has 0 amide bonds. The van der Waals surface area contributed by atoms with Crippen LogP contribution < -0.4 is 5.73 Å². The fourth-order valence-corrected chi connectivity index (χ4v) is 1.53. The van der Waals surface area contributed by atoms with Gasteiger partial charge in [0, 0.05) is 37.3 Å². The first-order valence-electron chi connectivity index (χ1n) is 5.27. The van der Waals surface area contributed by atoms with Crippen LogP contribution in [0, 0.1) is 0 Å². The SMILES string of the molecule is CC(N)Cc1nccn1Cc1ncccn1. The van der Waals surface area contributed by atoms with Gasteiger partial charge in [-0.2, -0.15) is 0 Å². The number of hydrogen-bond donors (Lipinski definition) is 1. The van der Waals surface area contributed by atoms with Gasteiger partial charge in [-0.25, -0.2) is 15.0 Å². The molecule has 2 aromatic heterocycles. The fraction of sp³-hybridized carbons (Fsp3) is 0.364. The van der Waals surface area contributed by atoms with E-state index in [9.17, 15) is 0 Å². The van der Waals surface area contributed by atoms with E-state index in [1.807, 2.05) is 17.7 Å². The molecule has 2 heterocycles. The van der Waals surface area contributed by atoms with Gasteiger partial charge in [-0.1, -0.05) is 0 Å². The van der Waals surface area contributed by atoms with Gasteiger partial charge < -0.3 is 10.3 Å². The number of aromatic nitrogens is 4. The topological polar surface area (TPSA) is 69.6 Å². The molecule has 5 heteroatoms. The average Bonchev–Trinajstić information content (AvgIpc) is 2.66. The van der Waals surface area contributed by atoms with E-state index in [2.05, 4.69) is 15.0 Å². The van der Waals surface area contributed by atoms with Crippen molar-refractivity contribution < 1.29 is 0 Å². The number of hydrogen-bond acceptors (Lipinski definition) is 4. The minimum absolute atomic E-state index is 0.109. The predicted octanol–water partition coefficient (Wildman–Crippen LogP) is 0.611. The van der Waals surface area contributed by atoms with Crippen molar-refractivity contribution in [1.82, 2.24) is 19.5 Å². The van der Waals surface area contributed by atoms with Crippen LogP contribution in [0.4, 0.5) is 0 Å². The lowest BCUT2D eigenvalue weighted by molar-refractivity contribution is 0.635. The van der Waals surface area contributed by atoms with Crippen molar-refractivity contribution in [2.24, 2.45) is 5.73 Å². The summed E-state index contributed by atoms with van der Waals surface area (Å²) in [5.41, 5.74) is 5.76. The van der Waals surface area contributed by atoms with E-state index in [0.717, 1.165) is 18.1 Å². The molecule has 84 valence electrons. The van der Waals surface area contributed by atoms with Crippen LogP contribution >= 0.6 is 0 Å². The monoisotopic (exact) mass is 217 g/mol. The Kier molecular flexibility index (Phi) is 3.26. The minimum Gasteiger partial charge on any atom is -0.328 e. The van der Waals surface area contributed by atoms with E-state index in [4.69, 9.17) is 5.73 Å². The van der Waals surface area contributed by atoms with Crippen LogP contribution in [-0.4, -0.2) is 25.6 Å². The molecule has 2 aromatic rings. The van der Waals surface area contributed by atoms with Gasteiger partial charge in [-0.15, -0.1) is 0 Å². The van der Waals surface area contributed by atoms with Crippen molar-refractivity contribution in [2.45, 2.75) is 25.9 Å². The molecule has 0 aromatic carbocycles. The quantitative estimate of drug-likeness (QED) is 0.814. The van der Waals surface area contributed by atoms with Crippen molar-refractivity contribution in [2.75, 3.05) is 0 Å². The van der Waals surface area contributed by atoms with Crippen molar-refractivity contribution in [3.63, 3.8) is 0 Å². The summed E-state index contributed by atoms with van der Waals surface area (Å²) in [6, 6.07) is 1.91. The van der Waals surface area contributed by atoms with Gasteiger partial charge in [0.05, 0.1) is 6.54 Å². The second-order valence-corrected chi connectivity index (χ2v) is 3.82. The summed E-state index contributed by atoms with van der Waals surface area (Å²) in [5.74, 6) is 1.76. The van der Waals surface area contributed by atoms with Gasteiger partial charge in [0.25, 0.3) is 0 Å². The Hall–Kier alpha value is -1.75. The third-order valence-electron chi connectivity index (χ3n) is 2.24. The van der Waals surface area contributed by atoms with Crippen molar-refractivity contribution in [3.05, 3.63) is 42.5 Å². The average molecular weight is 217 g/mol. The Morgan fingerprint density at radius 1 is 1.25 bits per heavy atom.